The molecular formula is C13H15NO5. The van der Waals surface area contributed by atoms with E-state index in [-0.39, 0.29) is 11.4 Å². The van der Waals surface area contributed by atoms with Crippen molar-refractivity contribution < 1.29 is 19.6 Å². The van der Waals surface area contributed by atoms with Gasteiger partial charge in [0, 0.05) is 12.1 Å². The quantitative estimate of drug-likeness (QED) is 0.354. The minimum atomic E-state index is -1.08. The fourth-order valence-corrected chi connectivity index (χ4v) is 1.39. The lowest BCUT2D eigenvalue weighted by Gasteiger charge is -2.06. The van der Waals surface area contributed by atoms with E-state index in [0.29, 0.717) is 12.2 Å². The number of rotatable bonds is 7. The van der Waals surface area contributed by atoms with Crippen LogP contribution in [0.4, 0.5) is 5.69 Å². The molecule has 1 rings (SSSR count). The highest BCUT2D eigenvalue weighted by atomic mass is 16.6. The number of carbonyl (C=O) groups is 1. The molecule has 0 bridgehead atoms. The molecule has 0 radical (unpaired) electrons. The van der Waals surface area contributed by atoms with Crippen LogP contribution in [-0.4, -0.2) is 22.6 Å². The minimum Gasteiger partial charge on any atom is -0.487 e. The van der Waals surface area contributed by atoms with E-state index < -0.39 is 10.9 Å². The van der Waals surface area contributed by atoms with Crippen molar-refractivity contribution in [1.82, 2.24) is 0 Å². The van der Waals surface area contributed by atoms with E-state index in [1.165, 1.54) is 24.3 Å². The zero-order valence-electron chi connectivity index (χ0n) is 10.5. The molecule has 0 aliphatic rings. The number of unbranched alkanes of at least 4 members (excludes halogenated alkanes) is 1. The molecule has 0 saturated carbocycles. The molecule has 0 spiro atoms. The van der Waals surface area contributed by atoms with E-state index in [1.807, 2.05) is 6.92 Å². The molecule has 0 aromatic heterocycles. The summed E-state index contributed by atoms with van der Waals surface area (Å²) in [6.45, 7) is 2.38. The Morgan fingerprint density at radius 3 is 2.84 bits per heavy atom. The Morgan fingerprint density at radius 1 is 1.53 bits per heavy atom. The van der Waals surface area contributed by atoms with Crippen molar-refractivity contribution in [3.05, 3.63) is 40.0 Å². The molecular weight excluding hydrogens is 250 g/mol. The van der Waals surface area contributed by atoms with Gasteiger partial charge >= 0.3 is 11.7 Å². The molecule has 0 fully saturated rings. The Kier molecular flexibility index (Phi) is 5.53. The van der Waals surface area contributed by atoms with Crippen LogP contribution < -0.4 is 4.74 Å². The molecule has 0 atom stereocenters. The maximum absolute atomic E-state index is 10.8. The number of carboxylic acid groups (broad SMARTS) is 1. The van der Waals surface area contributed by atoms with Crippen LogP contribution in [0.2, 0.25) is 0 Å². The summed E-state index contributed by atoms with van der Waals surface area (Å²) in [5.74, 6) is -0.919. The van der Waals surface area contributed by atoms with Gasteiger partial charge in [-0.1, -0.05) is 13.3 Å². The van der Waals surface area contributed by atoms with E-state index in [9.17, 15) is 14.9 Å². The van der Waals surface area contributed by atoms with Crippen LogP contribution >= 0.6 is 0 Å². The highest BCUT2D eigenvalue weighted by molar-refractivity contribution is 5.85. The van der Waals surface area contributed by atoms with Crippen LogP contribution in [0, 0.1) is 10.1 Å². The van der Waals surface area contributed by atoms with Crippen LogP contribution in [0.15, 0.2) is 24.3 Å². The van der Waals surface area contributed by atoms with Crippen molar-refractivity contribution in [2.45, 2.75) is 19.8 Å². The number of hydrogen-bond acceptors (Lipinski definition) is 4. The van der Waals surface area contributed by atoms with E-state index in [0.717, 1.165) is 18.9 Å². The molecule has 1 N–H and O–H groups in total. The third-order valence-electron chi connectivity index (χ3n) is 2.35. The Bertz CT molecular complexity index is 496. The van der Waals surface area contributed by atoms with E-state index in [1.54, 1.807) is 0 Å². The number of ether oxygens (including phenoxy) is 1. The highest BCUT2D eigenvalue weighted by Crippen LogP contribution is 2.28. The van der Waals surface area contributed by atoms with Gasteiger partial charge in [-0.25, -0.2) is 4.79 Å². The van der Waals surface area contributed by atoms with Crippen LogP contribution in [-0.2, 0) is 4.79 Å². The van der Waals surface area contributed by atoms with Gasteiger partial charge in [-0.3, -0.25) is 10.1 Å². The molecule has 1 aromatic carbocycles. The molecule has 6 heteroatoms. The zero-order valence-corrected chi connectivity index (χ0v) is 10.5. The predicted octanol–water partition coefficient (Wildman–Crippen LogP) is 2.87. The summed E-state index contributed by atoms with van der Waals surface area (Å²) < 4.78 is 5.36. The third-order valence-corrected chi connectivity index (χ3v) is 2.35. The van der Waals surface area contributed by atoms with Gasteiger partial charge < -0.3 is 9.84 Å². The molecule has 0 aliphatic carbocycles. The summed E-state index contributed by atoms with van der Waals surface area (Å²) in [7, 11) is 0. The van der Waals surface area contributed by atoms with Crippen molar-refractivity contribution in [3.8, 4) is 5.75 Å². The fraction of sp³-hybridized carbons (Fsp3) is 0.308. The lowest BCUT2D eigenvalue weighted by atomic mass is 10.1. The van der Waals surface area contributed by atoms with Crippen molar-refractivity contribution >= 4 is 17.7 Å². The SMILES string of the molecule is CCCCOc1cc(/C=C/C(=O)O)ccc1[N+](=O)[O-]. The van der Waals surface area contributed by atoms with Gasteiger partial charge in [-0.05, 0) is 30.2 Å². The lowest BCUT2D eigenvalue weighted by molar-refractivity contribution is -0.385. The normalized spacial score (nSPS) is 10.6. The predicted molar refractivity (Wildman–Crippen MR) is 70.2 cm³/mol. The maximum Gasteiger partial charge on any atom is 0.328 e. The lowest BCUT2D eigenvalue weighted by Crippen LogP contribution is -2.00. The van der Waals surface area contributed by atoms with Crippen molar-refractivity contribution in [3.63, 3.8) is 0 Å². The average Bonchev–Trinajstić information content (AvgIpc) is 2.36. The Morgan fingerprint density at radius 2 is 2.26 bits per heavy atom. The molecule has 1 aromatic rings. The van der Waals surface area contributed by atoms with Crippen molar-refractivity contribution in [2.24, 2.45) is 0 Å². The summed E-state index contributed by atoms with van der Waals surface area (Å²) in [6.07, 6.45) is 4.05. The van der Waals surface area contributed by atoms with E-state index in [2.05, 4.69) is 0 Å². The summed E-state index contributed by atoms with van der Waals surface area (Å²) in [4.78, 5) is 20.7. The standard InChI is InChI=1S/C13H15NO5/c1-2-3-8-19-12-9-10(5-7-13(15)16)4-6-11(12)14(17)18/h4-7,9H,2-3,8H2,1H3,(H,15,16)/b7-5+. The topological polar surface area (TPSA) is 89.7 Å². The Labute approximate surface area is 110 Å². The number of aliphatic carboxylic acids is 1. The van der Waals surface area contributed by atoms with Gasteiger partial charge in [-0.2, -0.15) is 0 Å². The second-order valence-corrected chi connectivity index (χ2v) is 3.86. The smallest absolute Gasteiger partial charge is 0.328 e. The highest BCUT2D eigenvalue weighted by Gasteiger charge is 2.14. The second kappa shape index (κ2) is 7.15. The zero-order chi connectivity index (χ0) is 14.3. The summed E-state index contributed by atoms with van der Waals surface area (Å²) >= 11 is 0. The molecule has 0 heterocycles. The Hall–Kier alpha value is -2.37. The van der Waals surface area contributed by atoms with Gasteiger partial charge in [-0.15, -0.1) is 0 Å². The van der Waals surface area contributed by atoms with Gasteiger partial charge in [0.2, 0.25) is 0 Å². The minimum absolute atomic E-state index is 0.122. The van der Waals surface area contributed by atoms with Gasteiger partial charge in [0.1, 0.15) is 0 Å². The number of nitrogens with zero attached hydrogens (tertiary/aromatic N) is 1. The van der Waals surface area contributed by atoms with Crippen LogP contribution in [0.5, 0.6) is 5.75 Å². The van der Waals surface area contributed by atoms with E-state index >= 15 is 0 Å². The number of nitro groups is 1. The first-order valence-electron chi connectivity index (χ1n) is 5.87. The second-order valence-electron chi connectivity index (χ2n) is 3.86. The number of benzene rings is 1. The first kappa shape index (κ1) is 14.7. The molecule has 19 heavy (non-hydrogen) atoms. The molecule has 0 saturated heterocycles. The average molecular weight is 265 g/mol. The molecule has 6 nitrogen and oxygen atoms in total. The molecule has 102 valence electrons. The fourth-order valence-electron chi connectivity index (χ4n) is 1.39. The first-order chi connectivity index (χ1) is 9.04. The van der Waals surface area contributed by atoms with Crippen molar-refractivity contribution in [1.29, 1.82) is 0 Å². The number of carboxylic acids is 1. The van der Waals surface area contributed by atoms with Crippen molar-refractivity contribution in [2.75, 3.05) is 6.61 Å². The largest absolute Gasteiger partial charge is 0.487 e. The Balaban J connectivity index is 2.96. The monoisotopic (exact) mass is 265 g/mol. The van der Waals surface area contributed by atoms with Crippen LogP contribution in [0.25, 0.3) is 6.08 Å². The number of hydrogen-bond donors (Lipinski definition) is 1. The maximum atomic E-state index is 10.8. The summed E-state index contributed by atoms with van der Waals surface area (Å²) in [5, 5.41) is 19.4. The number of nitro benzene ring substituents is 1. The van der Waals surface area contributed by atoms with Crippen LogP contribution in [0.3, 0.4) is 0 Å². The van der Waals surface area contributed by atoms with Crippen LogP contribution in [0.1, 0.15) is 25.3 Å². The van der Waals surface area contributed by atoms with Gasteiger partial charge in [0.15, 0.2) is 5.75 Å². The summed E-state index contributed by atoms with van der Waals surface area (Å²) in [6, 6.07) is 4.25. The van der Waals surface area contributed by atoms with E-state index in [4.69, 9.17) is 9.84 Å². The first-order valence-corrected chi connectivity index (χ1v) is 5.87. The molecule has 0 aliphatic heterocycles. The van der Waals surface area contributed by atoms with Gasteiger partial charge in [0.05, 0.1) is 11.5 Å². The third kappa shape index (κ3) is 4.79. The molecule has 0 unspecified atom stereocenters. The molecule has 0 amide bonds. The summed E-state index contributed by atoms with van der Waals surface area (Å²) in [5.41, 5.74) is 0.420. The van der Waals surface area contributed by atoms with Gasteiger partial charge in [0.25, 0.3) is 0 Å².